The van der Waals surface area contributed by atoms with Gasteiger partial charge in [-0.05, 0) is 28.1 Å². The number of rotatable bonds is 2. The van der Waals surface area contributed by atoms with Crippen molar-refractivity contribution in [1.82, 2.24) is 4.98 Å². The molecule has 0 saturated heterocycles. The van der Waals surface area contributed by atoms with Gasteiger partial charge in [-0.1, -0.05) is 0 Å². The van der Waals surface area contributed by atoms with Crippen LogP contribution in [0, 0.1) is 5.82 Å². The lowest BCUT2D eigenvalue weighted by molar-refractivity contribution is 0.182. The lowest BCUT2D eigenvalue weighted by Crippen LogP contribution is -1.97. The first-order valence-electron chi connectivity index (χ1n) is 4.65. The van der Waals surface area contributed by atoms with E-state index in [2.05, 4.69) is 20.9 Å². The molecular formula is C11H10BrFN2O. The van der Waals surface area contributed by atoms with Crippen LogP contribution in [0.15, 0.2) is 22.7 Å². The highest BCUT2D eigenvalue weighted by atomic mass is 79.9. The summed E-state index contributed by atoms with van der Waals surface area (Å²) in [5, 5.41) is 0.730. The summed E-state index contributed by atoms with van der Waals surface area (Å²) < 4.78 is 18.7. The minimum atomic E-state index is -0.353. The van der Waals surface area contributed by atoms with Gasteiger partial charge in [-0.25, -0.2) is 4.39 Å². The minimum Gasteiger partial charge on any atom is -0.398 e. The Labute approximate surface area is 101 Å². The van der Waals surface area contributed by atoms with E-state index in [4.69, 9.17) is 10.5 Å². The number of halogens is 2. The third kappa shape index (κ3) is 2.01. The number of benzene rings is 1. The van der Waals surface area contributed by atoms with Crippen LogP contribution in [-0.4, -0.2) is 12.1 Å². The van der Waals surface area contributed by atoms with E-state index in [9.17, 15) is 4.39 Å². The number of nitrogens with two attached hydrogens (primary N) is 1. The quantitative estimate of drug-likeness (QED) is 0.923. The van der Waals surface area contributed by atoms with Gasteiger partial charge in [0.2, 0.25) is 0 Å². The molecule has 0 amide bonds. The molecule has 0 fully saturated rings. The Bertz CT molecular complexity index is 545. The Morgan fingerprint density at radius 3 is 2.88 bits per heavy atom. The van der Waals surface area contributed by atoms with Crippen molar-refractivity contribution in [3.8, 4) is 0 Å². The average molecular weight is 285 g/mol. The molecule has 84 valence electrons. The van der Waals surface area contributed by atoms with E-state index < -0.39 is 0 Å². The van der Waals surface area contributed by atoms with Crippen molar-refractivity contribution in [1.29, 1.82) is 0 Å². The van der Waals surface area contributed by atoms with Crippen LogP contribution in [0.1, 0.15) is 5.69 Å². The molecule has 0 radical (unpaired) electrons. The van der Waals surface area contributed by atoms with Crippen molar-refractivity contribution in [2.75, 3.05) is 12.8 Å². The zero-order valence-electron chi connectivity index (χ0n) is 8.63. The highest BCUT2D eigenvalue weighted by molar-refractivity contribution is 9.10. The fourth-order valence-electron chi connectivity index (χ4n) is 1.53. The van der Waals surface area contributed by atoms with Crippen molar-refractivity contribution < 1.29 is 9.13 Å². The smallest absolute Gasteiger partial charge is 0.139 e. The van der Waals surface area contributed by atoms with Gasteiger partial charge in [-0.3, -0.25) is 4.98 Å². The number of methoxy groups -OCH3 is 1. The molecular weight excluding hydrogens is 275 g/mol. The summed E-state index contributed by atoms with van der Waals surface area (Å²) in [5.74, 6) is -0.353. The number of fused-ring (bicyclic) bond motifs is 1. The van der Waals surface area contributed by atoms with Crippen molar-refractivity contribution in [2.24, 2.45) is 0 Å². The van der Waals surface area contributed by atoms with Crippen LogP contribution in [0.5, 0.6) is 0 Å². The maximum absolute atomic E-state index is 13.3. The molecule has 16 heavy (non-hydrogen) atoms. The molecule has 2 rings (SSSR count). The highest BCUT2D eigenvalue weighted by Gasteiger charge is 2.07. The largest absolute Gasteiger partial charge is 0.398 e. The molecule has 0 spiro atoms. The first kappa shape index (κ1) is 11.3. The third-order valence-electron chi connectivity index (χ3n) is 2.23. The van der Waals surface area contributed by atoms with Crippen molar-refractivity contribution in [3.63, 3.8) is 0 Å². The minimum absolute atomic E-state index is 0.353. The van der Waals surface area contributed by atoms with Gasteiger partial charge in [-0.15, -0.1) is 0 Å². The van der Waals surface area contributed by atoms with E-state index >= 15 is 0 Å². The van der Waals surface area contributed by atoms with Crippen LogP contribution in [0.3, 0.4) is 0 Å². The summed E-state index contributed by atoms with van der Waals surface area (Å²) in [6.45, 7) is 0.359. The first-order valence-corrected chi connectivity index (χ1v) is 5.44. The van der Waals surface area contributed by atoms with Crippen LogP contribution in [0.25, 0.3) is 10.9 Å². The Morgan fingerprint density at radius 2 is 2.19 bits per heavy atom. The Balaban J connectivity index is 2.67. The van der Waals surface area contributed by atoms with Gasteiger partial charge in [0, 0.05) is 24.2 Å². The SMILES string of the molecule is COCc1cc(N)c2cc(Br)c(F)cc2n1. The molecule has 0 aliphatic rings. The van der Waals surface area contributed by atoms with Crippen molar-refractivity contribution >= 4 is 32.5 Å². The van der Waals surface area contributed by atoms with Crippen molar-refractivity contribution in [2.45, 2.75) is 6.61 Å². The van der Waals surface area contributed by atoms with E-state index in [0.717, 1.165) is 5.39 Å². The molecule has 0 saturated carbocycles. The lowest BCUT2D eigenvalue weighted by Gasteiger charge is -2.06. The van der Waals surface area contributed by atoms with Gasteiger partial charge in [0.15, 0.2) is 0 Å². The highest BCUT2D eigenvalue weighted by Crippen LogP contribution is 2.26. The van der Waals surface area contributed by atoms with E-state index in [1.165, 1.54) is 6.07 Å². The second-order valence-electron chi connectivity index (χ2n) is 3.42. The van der Waals surface area contributed by atoms with Gasteiger partial charge in [0.25, 0.3) is 0 Å². The maximum Gasteiger partial charge on any atom is 0.139 e. The number of nitrogens with zero attached hydrogens (tertiary/aromatic N) is 1. The summed E-state index contributed by atoms with van der Waals surface area (Å²) in [5.41, 5.74) is 7.66. The van der Waals surface area contributed by atoms with Gasteiger partial charge < -0.3 is 10.5 Å². The average Bonchev–Trinajstić information content (AvgIpc) is 2.22. The van der Waals surface area contributed by atoms with Gasteiger partial charge in [0.1, 0.15) is 5.82 Å². The summed E-state index contributed by atoms with van der Waals surface area (Å²) in [7, 11) is 1.57. The molecule has 0 atom stereocenters. The summed E-state index contributed by atoms with van der Waals surface area (Å²) >= 11 is 3.12. The molecule has 2 aromatic rings. The standard InChI is InChI=1S/C11H10BrFN2O/c1-16-5-6-2-10(14)7-3-8(12)9(13)4-11(7)15-6/h2-4H,5H2,1H3,(H2,14,15). The fourth-order valence-corrected chi connectivity index (χ4v) is 1.87. The number of hydrogen-bond acceptors (Lipinski definition) is 3. The molecule has 0 aliphatic heterocycles. The normalized spacial score (nSPS) is 10.9. The molecule has 0 unspecified atom stereocenters. The van der Waals surface area contributed by atoms with E-state index in [1.807, 2.05) is 0 Å². The van der Waals surface area contributed by atoms with Crippen LogP contribution in [0.2, 0.25) is 0 Å². The van der Waals surface area contributed by atoms with Gasteiger partial charge in [0.05, 0.1) is 22.3 Å². The summed E-state index contributed by atoms with van der Waals surface area (Å²) in [4.78, 5) is 4.26. The van der Waals surface area contributed by atoms with Crippen LogP contribution >= 0.6 is 15.9 Å². The van der Waals surface area contributed by atoms with Crippen LogP contribution < -0.4 is 5.73 Å². The lowest BCUT2D eigenvalue weighted by atomic mass is 10.1. The van der Waals surface area contributed by atoms with E-state index in [0.29, 0.717) is 28.0 Å². The molecule has 3 nitrogen and oxygen atoms in total. The first-order chi connectivity index (χ1) is 7.61. The summed E-state index contributed by atoms with van der Waals surface area (Å²) in [6.07, 6.45) is 0. The molecule has 0 bridgehead atoms. The number of aromatic nitrogens is 1. The Kier molecular flexibility index (Phi) is 3.07. The van der Waals surface area contributed by atoms with E-state index in [-0.39, 0.29) is 5.82 Å². The second kappa shape index (κ2) is 4.35. The fraction of sp³-hybridized carbons (Fsp3) is 0.182. The summed E-state index contributed by atoms with van der Waals surface area (Å²) in [6, 6.07) is 4.72. The monoisotopic (exact) mass is 284 g/mol. The number of hydrogen-bond donors (Lipinski definition) is 1. The van der Waals surface area contributed by atoms with Crippen LogP contribution in [-0.2, 0) is 11.3 Å². The van der Waals surface area contributed by atoms with E-state index in [1.54, 1.807) is 19.2 Å². The van der Waals surface area contributed by atoms with Crippen LogP contribution in [0.4, 0.5) is 10.1 Å². The maximum atomic E-state index is 13.3. The van der Waals surface area contributed by atoms with Gasteiger partial charge >= 0.3 is 0 Å². The second-order valence-corrected chi connectivity index (χ2v) is 4.27. The number of nitrogen functional groups attached to an aromatic ring is 1. The number of anilines is 1. The zero-order chi connectivity index (χ0) is 11.7. The number of ether oxygens (including phenoxy) is 1. The predicted molar refractivity (Wildman–Crippen MR) is 64.5 cm³/mol. The topological polar surface area (TPSA) is 48.1 Å². The third-order valence-corrected chi connectivity index (χ3v) is 2.84. The molecule has 2 N–H and O–H groups in total. The molecule has 5 heteroatoms. The predicted octanol–water partition coefficient (Wildman–Crippen LogP) is 2.87. The molecule has 1 aromatic heterocycles. The van der Waals surface area contributed by atoms with Crippen molar-refractivity contribution in [3.05, 3.63) is 34.2 Å². The Hall–Kier alpha value is -1.20. The molecule has 0 aliphatic carbocycles. The Morgan fingerprint density at radius 1 is 1.44 bits per heavy atom. The van der Waals surface area contributed by atoms with Gasteiger partial charge in [-0.2, -0.15) is 0 Å². The number of pyridine rings is 1. The zero-order valence-corrected chi connectivity index (χ0v) is 10.2. The molecule has 1 heterocycles. The molecule has 1 aromatic carbocycles.